The number of H-pyrrole nitrogens is 1. The molecule has 2 aromatic rings. The second kappa shape index (κ2) is 6.68. The van der Waals surface area contributed by atoms with Crippen molar-refractivity contribution in [1.82, 2.24) is 19.7 Å². The summed E-state index contributed by atoms with van der Waals surface area (Å²) in [5, 5.41) is 13.9. The van der Waals surface area contributed by atoms with Gasteiger partial charge in [-0.3, -0.25) is 10.00 Å². The Morgan fingerprint density at radius 2 is 2.05 bits per heavy atom. The van der Waals surface area contributed by atoms with E-state index < -0.39 is 0 Å². The highest BCUT2D eigenvalue weighted by atomic mass is 35.5. The van der Waals surface area contributed by atoms with Gasteiger partial charge in [-0.15, -0.1) is 0 Å². The first-order valence-corrected chi connectivity index (χ1v) is 8.22. The summed E-state index contributed by atoms with van der Waals surface area (Å²) in [4.78, 5) is 6.60. The molecule has 0 aliphatic carbocycles. The van der Waals surface area contributed by atoms with Gasteiger partial charge in [0.05, 0.1) is 17.8 Å². The maximum Gasteiger partial charge on any atom is 0.217 e. The van der Waals surface area contributed by atoms with E-state index in [0.717, 1.165) is 31.5 Å². The van der Waals surface area contributed by atoms with E-state index in [0.29, 0.717) is 27.3 Å². The summed E-state index contributed by atoms with van der Waals surface area (Å²) < 4.78 is 2.29. The fraction of sp³-hybridized carbons (Fsp3) is 0.429. The van der Waals surface area contributed by atoms with Crippen LogP contribution in [0.4, 0.5) is 0 Å². The molecule has 1 saturated heterocycles. The Hall–Kier alpha value is -0.920. The number of aliphatic hydroxyl groups is 1. The van der Waals surface area contributed by atoms with Crippen molar-refractivity contribution in [2.24, 2.45) is 0 Å². The van der Waals surface area contributed by atoms with Crippen molar-refractivity contribution in [3.8, 4) is 11.4 Å². The molecule has 0 radical (unpaired) electrons. The van der Waals surface area contributed by atoms with Gasteiger partial charge in [-0.25, -0.2) is 4.68 Å². The number of aliphatic hydroxyl groups excluding tert-OH is 1. The second-order valence-electron chi connectivity index (χ2n) is 5.40. The van der Waals surface area contributed by atoms with E-state index in [-0.39, 0.29) is 6.10 Å². The molecule has 5 nitrogen and oxygen atoms in total. The largest absolute Gasteiger partial charge is 0.393 e. The van der Waals surface area contributed by atoms with Gasteiger partial charge >= 0.3 is 0 Å². The second-order valence-corrected chi connectivity index (χ2v) is 6.61. The molecule has 0 amide bonds. The lowest BCUT2D eigenvalue weighted by atomic mass is 10.1. The molecule has 3 rings (SSSR count). The summed E-state index contributed by atoms with van der Waals surface area (Å²) in [5.41, 5.74) is 0.769. The van der Waals surface area contributed by atoms with Gasteiger partial charge in [0.1, 0.15) is 0 Å². The first-order chi connectivity index (χ1) is 10.5. The number of benzene rings is 1. The first kappa shape index (κ1) is 16.0. The molecular weight excluding hydrogens is 343 g/mol. The van der Waals surface area contributed by atoms with Crippen LogP contribution in [0, 0.1) is 4.77 Å². The Kier molecular flexibility index (Phi) is 4.84. The number of likely N-dealkylation sites (tertiary alicyclic amines) is 1. The van der Waals surface area contributed by atoms with Gasteiger partial charge in [-0.2, -0.15) is 4.98 Å². The van der Waals surface area contributed by atoms with E-state index in [1.165, 1.54) is 0 Å². The standard InChI is InChI=1S/C14H16Cl2N4OS/c15-9-1-2-11(12(16)7-9)13-17-14(22)20(18-13)8-19-5-3-10(21)4-6-19/h1-2,7,10,21H,3-6,8H2,(H,17,18,22). The van der Waals surface area contributed by atoms with Gasteiger partial charge < -0.3 is 5.11 Å². The summed E-state index contributed by atoms with van der Waals surface area (Å²) in [6, 6.07) is 5.27. The Balaban J connectivity index is 1.80. The Labute approximate surface area is 143 Å². The van der Waals surface area contributed by atoms with Crippen molar-refractivity contribution in [3.05, 3.63) is 33.0 Å². The smallest absolute Gasteiger partial charge is 0.217 e. The van der Waals surface area contributed by atoms with Gasteiger partial charge in [0, 0.05) is 23.7 Å². The summed E-state index contributed by atoms with van der Waals surface area (Å²) >= 11 is 17.4. The maximum absolute atomic E-state index is 9.55. The minimum Gasteiger partial charge on any atom is -0.393 e. The summed E-state index contributed by atoms with van der Waals surface area (Å²) in [5.74, 6) is 0.628. The average molecular weight is 359 g/mol. The van der Waals surface area contributed by atoms with Crippen LogP contribution in [-0.2, 0) is 6.67 Å². The summed E-state index contributed by atoms with van der Waals surface area (Å²) in [7, 11) is 0. The molecule has 8 heteroatoms. The van der Waals surface area contributed by atoms with Crippen LogP contribution in [0.15, 0.2) is 18.2 Å². The lowest BCUT2D eigenvalue weighted by Gasteiger charge is -2.29. The quantitative estimate of drug-likeness (QED) is 0.826. The molecule has 0 saturated carbocycles. The fourth-order valence-electron chi connectivity index (χ4n) is 2.52. The number of piperidine rings is 1. The zero-order chi connectivity index (χ0) is 15.7. The molecule has 22 heavy (non-hydrogen) atoms. The molecule has 0 unspecified atom stereocenters. The molecule has 0 atom stereocenters. The summed E-state index contributed by atoms with van der Waals surface area (Å²) in [6.07, 6.45) is 1.39. The van der Waals surface area contributed by atoms with Gasteiger partial charge in [-0.1, -0.05) is 23.2 Å². The Morgan fingerprint density at radius 1 is 1.32 bits per heavy atom. The Morgan fingerprint density at radius 3 is 2.73 bits per heavy atom. The van der Waals surface area contributed by atoms with Crippen molar-refractivity contribution in [1.29, 1.82) is 0 Å². The minimum absolute atomic E-state index is 0.186. The molecule has 1 aliphatic heterocycles. The predicted octanol–water partition coefficient (Wildman–Crippen LogP) is 3.33. The lowest BCUT2D eigenvalue weighted by molar-refractivity contribution is 0.0651. The van der Waals surface area contributed by atoms with Crippen molar-refractivity contribution in [2.45, 2.75) is 25.6 Å². The molecule has 2 heterocycles. The van der Waals surface area contributed by atoms with Crippen molar-refractivity contribution in [2.75, 3.05) is 13.1 Å². The lowest BCUT2D eigenvalue weighted by Crippen LogP contribution is -2.37. The third-order valence-corrected chi connectivity index (χ3v) is 4.62. The highest BCUT2D eigenvalue weighted by Crippen LogP contribution is 2.28. The van der Waals surface area contributed by atoms with Gasteiger partial charge in [-0.05, 0) is 43.3 Å². The number of hydrogen-bond donors (Lipinski definition) is 2. The van der Waals surface area contributed by atoms with Crippen LogP contribution >= 0.6 is 35.4 Å². The first-order valence-electron chi connectivity index (χ1n) is 7.05. The molecule has 1 aromatic carbocycles. The number of rotatable bonds is 3. The molecule has 0 spiro atoms. The highest BCUT2D eigenvalue weighted by molar-refractivity contribution is 7.71. The zero-order valence-electron chi connectivity index (χ0n) is 11.8. The normalized spacial score (nSPS) is 17.0. The van der Waals surface area contributed by atoms with E-state index in [2.05, 4.69) is 15.0 Å². The fourth-order valence-corrected chi connectivity index (χ4v) is 3.21. The van der Waals surface area contributed by atoms with E-state index in [9.17, 15) is 5.11 Å². The molecular formula is C14H16Cl2N4OS. The highest BCUT2D eigenvalue weighted by Gasteiger charge is 2.18. The molecule has 2 N–H and O–H groups in total. The van der Waals surface area contributed by atoms with Gasteiger partial charge in [0.2, 0.25) is 4.77 Å². The zero-order valence-corrected chi connectivity index (χ0v) is 14.1. The number of aromatic amines is 1. The van der Waals surface area contributed by atoms with Crippen molar-refractivity contribution >= 4 is 35.4 Å². The summed E-state index contributed by atoms with van der Waals surface area (Å²) in [6.45, 7) is 2.32. The average Bonchev–Trinajstić information content (AvgIpc) is 2.82. The van der Waals surface area contributed by atoms with Crippen LogP contribution in [0.25, 0.3) is 11.4 Å². The van der Waals surface area contributed by atoms with Crippen LogP contribution in [0.2, 0.25) is 10.0 Å². The third kappa shape index (κ3) is 3.52. The van der Waals surface area contributed by atoms with Crippen molar-refractivity contribution in [3.63, 3.8) is 0 Å². The van der Waals surface area contributed by atoms with Crippen LogP contribution in [0.3, 0.4) is 0 Å². The number of halogens is 2. The topological polar surface area (TPSA) is 57.1 Å². The predicted molar refractivity (Wildman–Crippen MR) is 89.7 cm³/mol. The number of nitrogens with zero attached hydrogens (tertiary/aromatic N) is 3. The molecule has 1 aliphatic rings. The van der Waals surface area contributed by atoms with E-state index in [4.69, 9.17) is 35.4 Å². The van der Waals surface area contributed by atoms with Crippen LogP contribution < -0.4 is 0 Å². The van der Waals surface area contributed by atoms with Crippen LogP contribution in [-0.4, -0.2) is 44.0 Å². The van der Waals surface area contributed by atoms with Crippen LogP contribution in [0.5, 0.6) is 0 Å². The van der Waals surface area contributed by atoms with E-state index in [1.54, 1.807) is 12.1 Å². The molecule has 1 fully saturated rings. The molecule has 1 aromatic heterocycles. The number of hydrogen-bond acceptors (Lipinski definition) is 4. The van der Waals surface area contributed by atoms with Crippen molar-refractivity contribution < 1.29 is 5.11 Å². The molecule has 0 bridgehead atoms. The van der Waals surface area contributed by atoms with E-state index >= 15 is 0 Å². The number of aromatic nitrogens is 3. The van der Waals surface area contributed by atoms with Gasteiger partial charge in [0.25, 0.3) is 0 Å². The van der Waals surface area contributed by atoms with Crippen LogP contribution in [0.1, 0.15) is 12.8 Å². The monoisotopic (exact) mass is 358 g/mol. The third-order valence-electron chi connectivity index (χ3n) is 3.76. The maximum atomic E-state index is 9.55. The van der Waals surface area contributed by atoms with E-state index in [1.807, 2.05) is 10.7 Å². The molecule has 118 valence electrons. The SMILES string of the molecule is OC1CCN(Cn2[nH]c(-c3ccc(Cl)cc3Cl)nc2=S)CC1. The minimum atomic E-state index is -0.186. The Bertz CT molecular complexity index is 722. The number of nitrogens with one attached hydrogen (secondary N) is 1. The van der Waals surface area contributed by atoms with Gasteiger partial charge in [0.15, 0.2) is 5.82 Å².